The predicted octanol–water partition coefficient (Wildman–Crippen LogP) is 5.17. The molecule has 7 rings (SSSR count). The fourth-order valence-electron chi connectivity index (χ4n) is 7.75. The number of rotatable bonds is 8. The van der Waals surface area contributed by atoms with Crippen LogP contribution in [0.5, 0.6) is 5.88 Å². The highest BCUT2D eigenvalue weighted by atomic mass is 32.2. The Morgan fingerprint density at radius 3 is 2.49 bits per heavy atom. The zero-order valence-electron chi connectivity index (χ0n) is 30.5. The van der Waals surface area contributed by atoms with E-state index in [2.05, 4.69) is 21.6 Å². The van der Waals surface area contributed by atoms with Crippen molar-refractivity contribution in [3.63, 3.8) is 0 Å². The summed E-state index contributed by atoms with van der Waals surface area (Å²) in [6.07, 6.45) is 3.88. The summed E-state index contributed by atoms with van der Waals surface area (Å²) in [6, 6.07) is 9.89. The number of ketones is 1. The summed E-state index contributed by atoms with van der Waals surface area (Å²) in [6.45, 7) is 14.4. The largest absolute Gasteiger partial charge is 0.468 e. The minimum absolute atomic E-state index is 0.0412. The smallest absolute Gasteiger partial charge is 0.248 e. The number of nitrogens with zero attached hydrogens (tertiary/aromatic N) is 5. The van der Waals surface area contributed by atoms with E-state index in [-0.39, 0.29) is 47.7 Å². The highest BCUT2D eigenvalue weighted by Gasteiger charge is 2.46. The number of carbonyl (C=O) groups excluding carboxylic acids is 1. The Bertz CT molecular complexity index is 2120. The van der Waals surface area contributed by atoms with Crippen LogP contribution in [0.2, 0.25) is 0 Å². The average molecular weight is 717 g/mol. The maximum absolute atomic E-state index is 14.7. The van der Waals surface area contributed by atoms with Crippen molar-refractivity contribution in [1.82, 2.24) is 23.9 Å². The van der Waals surface area contributed by atoms with E-state index >= 15 is 0 Å². The quantitative estimate of drug-likeness (QED) is 0.250. The molecular weight excluding hydrogens is 669 g/mol. The number of aromatic nitrogens is 4. The van der Waals surface area contributed by atoms with E-state index in [0.717, 1.165) is 39.3 Å². The molecule has 5 heterocycles. The first-order chi connectivity index (χ1) is 24.1. The number of Topliss-reactive ketones (excluding diaryl/α,β-unsaturated/α-hetero) is 1. The fourth-order valence-corrected chi connectivity index (χ4v) is 9.37. The molecule has 3 aliphatic rings. The SMILES string of the molecule is CC(=O)C(C)(C)[C@H](c1ccc(C)c(CN2CC3(CCOCC3)Oc3nc(NC4CC(O)C4)c(C)cc3S2(=O)=O)c1)c1ccn2c(C)nnc2c1C. The van der Waals surface area contributed by atoms with E-state index in [1.807, 2.05) is 70.3 Å². The highest BCUT2D eigenvalue weighted by Crippen LogP contribution is 2.45. The van der Waals surface area contributed by atoms with Gasteiger partial charge in [-0.05, 0) is 93.0 Å². The van der Waals surface area contributed by atoms with Gasteiger partial charge in [-0.15, -0.1) is 10.2 Å². The molecule has 2 aliphatic heterocycles. The Morgan fingerprint density at radius 2 is 1.80 bits per heavy atom. The number of pyridine rings is 2. The normalized spacial score (nSPS) is 22.1. The lowest BCUT2D eigenvalue weighted by Gasteiger charge is -2.38. The van der Waals surface area contributed by atoms with E-state index < -0.39 is 21.0 Å². The number of aliphatic hydroxyl groups excluding tert-OH is 1. The van der Waals surface area contributed by atoms with E-state index in [4.69, 9.17) is 14.5 Å². The van der Waals surface area contributed by atoms with Gasteiger partial charge < -0.3 is 19.9 Å². The number of ether oxygens (including phenoxy) is 2. The molecule has 3 aromatic heterocycles. The molecule has 4 aromatic rings. The first kappa shape index (κ1) is 35.5. The average Bonchev–Trinajstić information content (AvgIpc) is 3.41. The van der Waals surface area contributed by atoms with Gasteiger partial charge in [0.15, 0.2) is 5.65 Å². The second-order valence-electron chi connectivity index (χ2n) is 15.3. The van der Waals surface area contributed by atoms with Gasteiger partial charge in [0, 0.05) is 43.0 Å². The van der Waals surface area contributed by atoms with Gasteiger partial charge >= 0.3 is 0 Å². The number of aryl methyl sites for hydroxylation is 4. The summed E-state index contributed by atoms with van der Waals surface area (Å²) in [5.41, 5.74) is 4.43. The van der Waals surface area contributed by atoms with Crippen LogP contribution >= 0.6 is 0 Å². The van der Waals surface area contributed by atoms with Crippen LogP contribution in [0.4, 0.5) is 5.82 Å². The van der Waals surface area contributed by atoms with Crippen molar-refractivity contribution in [3.05, 3.63) is 75.7 Å². The molecule has 2 fully saturated rings. The molecule has 0 amide bonds. The van der Waals surface area contributed by atoms with Gasteiger partial charge in [-0.1, -0.05) is 32.0 Å². The lowest BCUT2D eigenvalue weighted by atomic mass is 9.68. The third-order valence-electron chi connectivity index (χ3n) is 11.4. The van der Waals surface area contributed by atoms with Crippen LogP contribution in [0.15, 0.2) is 41.4 Å². The fraction of sp³-hybridized carbons (Fsp3) is 0.526. The van der Waals surface area contributed by atoms with Gasteiger partial charge in [0.05, 0.1) is 25.9 Å². The molecule has 1 saturated heterocycles. The molecule has 2 N–H and O–H groups in total. The van der Waals surface area contributed by atoms with Crippen molar-refractivity contribution in [2.24, 2.45) is 5.41 Å². The van der Waals surface area contributed by atoms with Crippen molar-refractivity contribution < 1.29 is 27.8 Å². The van der Waals surface area contributed by atoms with Crippen LogP contribution in [0.1, 0.15) is 91.6 Å². The van der Waals surface area contributed by atoms with E-state index in [0.29, 0.717) is 50.3 Å². The molecule has 0 radical (unpaired) electrons. The van der Waals surface area contributed by atoms with Gasteiger partial charge in [-0.2, -0.15) is 9.29 Å². The summed E-state index contributed by atoms with van der Waals surface area (Å²) in [4.78, 5) is 18.1. The van der Waals surface area contributed by atoms with Gasteiger partial charge in [0.1, 0.15) is 27.9 Å². The summed E-state index contributed by atoms with van der Waals surface area (Å²) >= 11 is 0. The van der Waals surface area contributed by atoms with Crippen LogP contribution in [-0.4, -0.2) is 80.7 Å². The minimum Gasteiger partial charge on any atom is -0.468 e. The summed E-state index contributed by atoms with van der Waals surface area (Å²) in [5, 5.41) is 21.9. The van der Waals surface area contributed by atoms with Gasteiger partial charge in [0.25, 0.3) is 0 Å². The molecule has 13 heteroatoms. The number of aliphatic hydroxyl groups is 1. The third-order valence-corrected chi connectivity index (χ3v) is 13.2. The van der Waals surface area contributed by atoms with Crippen LogP contribution in [0.25, 0.3) is 5.65 Å². The first-order valence-corrected chi connectivity index (χ1v) is 19.2. The molecule has 1 aliphatic carbocycles. The number of anilines is 1. The molecule has 1 saturated carbocycles. The van der Waals surface area contributed by atoms with Crippen molar-refractivity contribution >= 4 is 27.3 Å². The minimum atomic E-state index is -4.07. The Morgan fingerprint density at radius 1 is 1.08 bits per heavy atom. The lowest BCUT2D eigenvalue weighted by Crippen LogP contribution is -2.50. The Kier molecular flexibility index (Phi) is 9.01. The van der Waals surface area contributed by atoms with Crippen LogP contribution in [0.3, 0.4) is 0 Å². The maximum atomic E-state index is 14.7. The number of hydrogen-bond donors (Lipinski definition) is 2. The second-order valence-corrected chi connectivity index (χ2v) is 17.2. The van der Waals surface area contributed by atoms with Crippen LogP contribution in [-0.2, 0) is 26.1 Å². The molecule has 272 valence electrons. The zero-order valence-corrected chi connectivity index (χ0v) is 31.3. The van der Waals surface area contributed by atoms with Crippen LogP contribution < -0.4 is 10.1 Å². The number of sulfonamides is 1. The second kappa shape index (κ2) is 12.9. The van der Waals surface area contributed by atoms with Crippen LogP contribution in [0, 0.1) is 33.1 Å². The molecule has 1 atom stereocenters. The number of carbonyl (C=O) groups is 1. The topological polar surface area (TPSA) is 148 Å². The highest BCUT2D eigenvalue weighted by molar-refractivity contribution is 7.89. The maximum Gasteiger partial charge on any atom is 0.248 e. The Labute approximate surface area is 299 Å². The number of benzene rings is 1. The van der Waals surface area contributed by atoms with E-state index in [1.54, 1.807) is 13.0 Å². The van der Waals surface area contributed by atoms with Crippen molar-refractivity contribution in [2.75, 3.05) is 25.1 Å². The van der Waals surface area contributed by atoms with Crippen molar-refractivity contribution in [1.29, 1.82) is 0 Å². The number of hydrogen-bond acceptors (Lipinski definition) is 10. The number of nitrogens with one attached hydrogen (secondary N) is 1. The van der Waals surface area contributed by atoms with E-state index in [1.165, 1.54) is 4.31 Å². The molecule has 0 bridgehead atoms. The Hall–Kier alpha value is -3.91. The lowest BCUT2D eigenvalue weighted by molar-refractivity contribution is -0.125. The summed E-state index contributed by atoms with van der Waals surface area (Å²) in [5.74, 6) is 1.14. The predicted molar refractivity (Wildman–Crippen MR) is 193 cm³/mol. The van der Waals surface area contributed by atoms with Crippen molar-refractivity contribution in [2.45, 2.75) is 109 Å². The van der Waals surface area contributed by atoms with E-state index in [9.17, 15) is 18.3 Å². The summed E-state index contributed by atoms with van der Waals surface area (Å²) in [7, 11) is -4.07. The summed E-state index contributed by atoms with van der Waals surface area (Å²) < 4.78 is 45.2. The molecule has 1 spiro atoms. The third kappa shape index (κ3) is 6.32. The van der Waals surface area contributed by atoms with Gasteiger partial charge in [-0.25, -0.2) is 8.42 Å². The van der Waals surface area contributed by atoms with Crippen molar-refractivity contribution in [3.8, 4) is 5.88 Å². The molecule has 12 nitrogen and oxygen atoms in total. The van der Waals surface area contributed by atoms with Gasteiger partial charge in [0.2, 0.25) is 15.9 Å². The zero-order chi connectivity index (χ0) is 36.5. The molecule has 51 heavy (non-hydrogen) atoms. The van der Waals surface area contributed by atoms with Gasteiger partial charge in [-0.3, -0.25) is 9.20 Å². The standard InChI is InChI=1S/C38H48N6O6S/c1-22-8-9-27(33(37(6,7)25(4)45)31-10-13-44-26(5)41-42-35(44)24(31)3)17-28(22)20-43-21-38(11-14-49-15-12-38)50-36-32(51(43,47)48)16-23(2)34(40-36)39-29-18-30(46)19-29/h8-10,13,16-17,29-30,33,46H,11-12,14-15,18-21H2,1-7H3,(H,39,40)/t29?,30?,33-/m1/s1. The first-order valence-electron chi connectivity index (χ1n) is 17.7. The monoisotopic (exact) mass is 716 g/mol. The molecule has 0 unspecified atom stereocenters. The molecule has 1 aromatic carbocycles. The molecular formula is C38H48N6O6S. The Balaban J connectivity index is 1.30. The number of fused-ring (bicyclic) bond motifs is 2.